The van der Waals surface area contributed by atoms with Crippen LogP contribution < -0.4 is 10.6 Å². The molecule has 0 atom stereocenters. The third kappa shape index (κ3) is 5.38. The fraction of sp³-hybridized carbons (Fsp3) is 0.182. The van der Waals surface area contributed by atoms with Crippen LogP contribution in [0.1, 0.15) is 27.2 Å². The van der Waals surface area contributed by atoms with Crippen molar-refractivity contribution in [3.05, 3.63) is 95.1 Å². The van der Waals surface area contributed by atoms with Crippen molar-refractivity contribution in [1.82, 2.24) is 10.3 Å². The number of rotatable bonds is 7. The van der Waals surface area contributed by atoms with Crippen LogP contribution in [0.3, 0.4) is 0 Å². The molecule has 0 radical (unpaired) electrons. The molecule has 4 nitrogen and oxygen atoms in total. The summed E-state index contributed by atoms with van der Waals surface area (Å²) in [5.74, 6) is -0.410. The minimum atomic E-state index is -0.214. The molecule has 0 aliphatic rings. The van der Waals surface area contributed by atoms with Gasteiger partial charge in [0.05, 0.1) is 11.9 Å². The van der Waals surface area contributed by atoms with E-state index < -0.39 is 0 Å². The molecule has 1 heterocycles. The molecule has 2 aromatic carbocycles. The van der Waals surface area contributed by atoms with E-state index in [0.717, 1.165) is 16.8 Å². The van der Waals surface area contributed by atoms with Crippen molar-refractivity contribution in [2.45, 2.75) is 19.9 Å². The molecule has 2 N–H and O–H groups in total. The third-order valence-electron chi connectivity index (χ3n) is 4.21. The second-order valence-corrected chi connectivity index (χ2v) is 6.37. The lowest BCUT2D eigenvalue weighted by atomic mass is 10.1. The van der Waals surface area contributed by atoms with E-state index in [1.54, 1.807) is 30.5 Å². The maximum atomic E-state index is 13.6. The fourth-order valence-electron chi connectivity index (χ4n) is 2.77. The minimum absolute atomic E-state index is 0.196. The van der Waals surface area contributed by atoms with E-state index in [0.29, 0.717) is 30.8 Å². The Labute approximate surface area is 158 Å². The van der Waals surface area contributed by atoms with Gasteiger partial charge in [-0.15, -0.1) is 0 Å². The fourth-order valence-corrected chi connectivity index (χ4v) is 2.77. The standard InChI is InChI=1S/C22H22FN3O/c1-16-5-4-6-17(13-16)14-26-22(27)21-10-9-19(15-25-21)24-12-11-18-7-2-3-8-20(18)23/h2-10,13,15,24H,11-12,14H2,1H3,(H,26,27). The molecular weight excluding hydrogens is 341 g/mol. The minimum Gasteiger partial charge on any atom is -0.383 e. The van der Waals surface area contributed by atoms with Crippen molar-refractivity contribution in [2.24, 2.45) is 0 Å². The van der Waals surface area contributed by atoms with E-state index >= 15 is 0 Å². The monoisotopic (exact) mass is 363 g/mol. The number of carbonyl (C=O) groups is 1. The Balaban J connectivity index is 1.49. The third-order valence-corrected chi connectivity index (χ3v) is 4.21. The largest absolute Gasteiger partial charge is 0.383 e. The van der Waals surface area contributed by atoms with E-state index in [4.69, 9.17) is 0 Å². The first-order valence-corrected chi connectivity index (χ1v) is 8.89. The number of aryl methyl sites for hydroxylation is 1. The van der Waals surface area contributed by atoms with Gasteiger partial charge in [0.25, 0.3) is 5.91 Å². The molecular formula is C22H22FN3O. The van der Waals surface area contributed by atoms with Gasteiger partial charge in [-0.3, -0.25) is 4.79 Å². The van der Waals surface area contributed by atoms with Gasteiger partial charge < -0.3 is 10.6 Å². The van der Waals surface area contributed by atoms with Crippen LogP contribution in [-0.2, 0) is 13.0 Å². The Hall–Kier alpha value is -3.21. The molecule has 0 aliphatic carbocycles. The number of hydrogen-bond donors (Lipinski definition) is 2. The number of anilines is 1. The molecule has 0 saturated heterocycles. The van der Waals surface area contributed by atoms with Gasteiger partial charge in [0.1, 0.15) is 11.5 Å². The molecule has 0 saturated carbocycles. The number of nitrogens with one attached hydrogen (secondary N) is 2. The van der Waals surface area contributed by atoms with Gasteiger partial charge in [-0.25, -0.2) is 9.37 Å². The van der Waals surface area contributed by atoms with Gasteiger partial charge in [-0.2, -0.15) is 0 Å². The highest BCUT2D eigenvalue weighted by Gasteiger charge is 2.07. The van der Waals surface area contributed by atoms with E-state index in [9.17, 15) is 9.18 Å². The summed E-state index contributed by atoms with van der Waals surface area (Å²) >= 11 is 0. The first-order chi connectivity index (χ1) is 13.1. The van der Waals surface area contributed by atoms with E-state index in [-0.39, 0.29) is 11.7 Å². The van der Waals surface area contributed by atoms with Crippen molar-refractivity contribution >= 4 is 11.6 Å². The molecule has 1 aromatic heterocycles. The number of hydrogen-bond acceptors (Lipinski definition) is 3. The summed E-state index contributed by atoms with van der Waals surface area (Å²) in [7, 11) is 0. The van der Waals surface area contributed by atoms with Crippen molar-refractivity contribution in [2.75, 3.05) is 11.9 Å². The summed E-state index contributed by atoms with van der Waals surface area (Å²) in [5.41, 5.74) is 4.04. The smallest absolute Gasteiger partial charge is 0.270 e. The maximum Gasteiger partial charge on any atom is 0.270 e. The van der Waals surface area contributed by atoms with Crippen molar-refractivity contribution < 1.29 is 9.18 Å². The maximum absolute atomic E-state index is 13.6. The highest BCUT2D eigenvalue weighted by atomic mass is 19.1. The Bertz CT molecular complexity index is 909. The number of nitrogens with zero attached hydrogens (tertiary/aromatic N) is 1. The predicted molar refractivity (Wildman–Crippen MR) is 105 cm³/mol. The van der Waals surface area contributed by atoms with E-state index in [1.807, 2.05) is 37.3 Å². The first kappa shape index (κ1) is 18.6. The number of amides is 1. The molecule has 1 amide bonds. The Morgan fingerprint density at radius 2 is 1.93 bits per heavy atom. The Morgan fingerprint density at radius 1 is 1.07 bits per heavy atom. The molecule has 27 heavy (non-hydrogen) atoms. The quantitative estimate of drug-likeness (QED) is 0.664. The zero-order valence-electron chi connectivity index (χ0n) is 15.2. The number of benzene rings is 2. The van der Waals surface area contributed by atoms with Crippen LogP contribution in [-0.4, -0.2) is 17.4 Å². The summed E-state index contributed by atoms with van der Waals surface area (Å²) in [5, 5.41) is 6.06. The molecule has 0 fully saturated rings. The summed E-state index contributed by atoms with van der Waals surface area (Å²) in [6.45, 7) is 3.07. The lowest BCUT2D eigenvalue weighted by Crippen LogP contribution is -2.23. The summed E-state index contributed by atoms with van der Waals surface area (Å²) in [4.78, 5) is 16.4. The summed E-state index contributed by atoms with van der Waals surface area (Å²) < 4.78 is 13.6. The van der Waals surface area contributed by atoms with Gasteiger partial charge in [0, 0.05) is 13.1 Å². The van der Waals surface area contributed by atoms with Crippen LogP contribution in [0.5, 0.6) is 0 Å². The number of halogens is 1. The molecule has 0 bridgehead atoms. The highest BCUT2D eigenvalue weighted by molar-refractivity contribution is 5.92. The average Bonchev–Trinajstić information content (AvgIpc) is 2.68. The Kier molecular flexibility index (Phi) is 6.15. The lowest BCUT2D eigenvalue weighted by Gasteiger charge is -2.08. The highest BCUT2D eigenvalue weighted by Crippen LogP contribution is 2.10. The molecule has 0 spiro atoms. The zero-order valence-corrected chi connectivity index (χ0v) is 15.2. The van der Waals surface area contributed by atoms with Gasteiger partial charge in [0.15, 0.2) is 0 Å². The van der Waals surface area contributed by atoms with Crippen molar-refractivity contribution in [1.29, 1.82) is 0 Å². The number of aromatic nitrogens is 1. The average molecular weight is 363 g/mol. The van der Waals surface area contributed by atoms with Crippen LogP contribution in [0.4, 0.5) is 10.1 Å². The van der Waals surface area contributed by atoms with Gasteiger partial charge in [0.2, 0.25) is 0 Å². The lowest BCUT2D eigenvalue weighted by molar-refractivity contribution is 0.0946. The molecule has 5 heteroatoms. The molecule has 3 rings (SSSR count). The second-order valence-electron chi connectivity index (χ2n) is 6.37. The molecule has 0 unspecified atom stereocenters. The number of pyridine rings is 1. The van der Waals surface area contributed by atoms with Crippen LogP contribution in [0, 0.1) is 12.7 Å². The summed E-state index contributed by atoms with van der Waals surface area (Å²) in [6, 6.07) is 18.2. The second kappa shape index (κ2) is 8.94. The first-order valence-electron chi connectivity index (χ1n) is 8.89. The zero-order chi connectivity index (χ0) is 19.1. The van der Waals surface area contributed by atoms with Crippen LogP contribution in [0.2, 0.25) is 0 Å². The molecule has 138 valence electrons. The van der Waals surface area contributed by atoms with Crippen molar-refractivity contribution in [3.8, 4) is 0 Å². The van der Waals surface area contributed by atoms with Gasteiger partial charge in [-0.05, 0) is 42.7 Å². The van der Waals surface area contributed by atoms with E-state index in [2.05, 4.69) is 15.6 Å². The number of carbonyl (C=O) groups excluding carboxylic acids is 1. The predicted octanol–water partition coefficient (Wildman–Crippen LogP) is 4.11. The van der Waals surface area contributed by atoms with Crippen LogP contribution in [0.15, 0.2) is 66.9 Å². The Morgan fingerprint density at radius 3 is 2.67 bits per heavy atom. The SMILES string of the molecule is Cc1cccc(CNC(=O)c2ccc(NCCc3ccccc3F)cn2)c1. The van der Waals surface area contributed by atoms with Gasteiger partial charge in [-0.1, -0.05) is 48.0 Å². The van der Waals surface area contributed by atoms with E-state index in [1.165, 1.54) is 6.07 Å². The van der Waals surface area contributed by atoms with Gasteiger partial charge >= 0.3 is 0 Å². The molecule has 3 aromatic rings. The topological polar surface area (TPSA) is 54.0 Å². The molecule has 0 aliphatic heterocycles. The summed E-state index contributed by atoms with van der Waals surface area (Å²) in [6.07, 6.45) is 2.19. The normalized spacial score (nSPS) is 10.4. The van der Waals surface area contributed by atoms with Crippen LogP contribution >= 0.6 is 0 Å². The van der Waals surface area contributed by atoms with Crippen molar-refractivity contribution in [3.63, 3.8) is 0 Å². The van der Waals surface area contributed by atoms with Crippen LogP contribution in [0.25, 0.3) is 0 Å².